The standard InChI is InChI=1S/C19H19N5S/c1-11-9-12(2)15(13(3)10-11)17-22-16-14(5-6-20-16)18(23-17)24(4)19-21-7-8-25-19/h5-10H,1-4H3,(H,20,22,23). The van der Waals surface area contributed by atoms with E-state index in [4.69, 9.17) is 9.97 Å². The number of rotatable bonds is 3. The third-order valence-corrected chi connectivity index (χ3v) is 5.17. The van der Waals surface area contributed by atoms with Crippen LogP contribution in [0.1, 0.15) is 16.7 Å². The van der Waals surface area contributed by atoms with E-state index in [2.05, 4.69) is 42.9 Å². The zero-order chi connectivity index (χ0) is 17.6. The fraction of sp³-hybridized carbons (Fsp3) is 0.211. The van der Waals surface area contributed by atoms with Crippen LogP contribution in [0.4, 0.5) is 10.9 Å². The van der Waals surface area contributed by atoms with Gasteiger partial charge in [0.15, 0.2) is 11.0 Å². The number of nitrogens with one attached hydrogen (secondary N) is 1. The molecule has 25 heavy (non-hydrogen) atoms. The van der Waals surface area contributed by atoms with Gasteiger partial charge in [-0.1, -0.05) is 17.7 Å². The minimum Gasteiger partial charge on any atom is -0.346 e. The largest absolute Gasteiger partial charge is 0.346 e. The Morgan fingerprint density at radius 1 is 1.08 bits per heavy atom. The molecule has 0 saturated carbocycles. The lowest BCUT2D eigenvalue weighted by atomic mass is 9.99. The zero-order valence-corrected chi connectivity index (χ0v) is 15.5. The number of aromatic nitrogens is 4. The Morgan fingerprint density at radius 2 is 1.84 bits per heavy atom. The molecule has 4 aromatic rings. The number of hydrogen-bond acceptors (Lipinski definition) is 5. The average Bonchev–Trinajstić information content (AvgIpc) is 3.24. The molecule has 0 radical (unpaired) electrons. The van der Waals surface area contributed by atoms with E-state index >= 15 is 0 Å². The molecule has 0 bridgehead atoms. The summed E-state index contributed by atoms with van der Waals surface area (Å²) >= 11 is 1.59. The molecule has 4 rings (SSSR count). The van der Waals surface area contributed by atoms with E-state index in [1.165, 1.54) is 16.7 Å². The number of hydrogen-bond donors (Lipinski definition) is 1. The van der Waals surface area contributed by atoms with Gasteiger partial charge >= 0.3 is 0 Å². The van der Waals surface area contributed by atoms with Gasteiger partial charge in [0.05, 0.1) is 5.39 Å². The van der Waals surface area contributed by atoms with Crippen LogP contribution in [0.3, 0.4) is 0 Å². The molecule has 3 aromatic heterocycles. The van der Waals surface area contributed by atoms with Crippen molar-refractivity contribution in [3.8, 4) is 11.4 Å². The quantitative estimate of drug-likeness (QED) is 0.578. The monoisotopic (exact) mass is 349 g/mol. The molecule has 5 nitrogen and oxygen atoms in total. The molecular formula is C19H19N5S. The second kappa shape index (κ2) is 5.97. The Morgan fingerprint density at radius 3 is 2.52 bits per heavy atom. The summed E-state index contributed by atoms with van der Waals surface area (Å²) in [5.74, 6) is 1.60. The highest BCUT2D eigenvalue weighted by Crippen LogP contribution is 2.33. The first kappa shape index (κ1) is 15.8. The predicted molar refractivity (Wildman–Crippen MR) is 104 cm³/mol. The summed E-state index contributed by atoms with van der Waals surface area (Å²) in [7, 11) is 1.99. The molecule has 6 heteroatoms. The Kier molecular flexibility index (Phi) is 3.77. The minimum atomic E-state index is 0.739. The van der Waals surface area contributed by atoms with Crippen molar-refractivity contribution in [1.82, 2.24) is 19.9 Å². The van der Waals surface area contributed by atoms with Gasteiger partial charge in [-0.05, 0) is 38.0 Å². The molecule has 0 unspecified atom stereocenters. The van der Waals surface area contributed by atoms with Crippen LogP contribution >= 0.6 is 11.3 Å². The van der Waals surface area contributed by atoms with Crippen LogP contribution in [0.15, 0.2) is 36.0 Å². The first-order chi connectivity index (χ1) is 12.0. The maximum atomic E-state index is 4.91. The van der Waals surface area contributed by atoms with Crippen LogP contribution in [-0.4, -0.2) is 27.0 Å². The maximum absolute atomic E-state index is 4.91. The van der Waals surface area contributed by atoms with E-state index in [0.717, 1.165) is 33.4 Å². The molecule has 3 heterocycles. The van der Waals surface area contributed by atoms with Gasteiger partial charge in [0.2, 0.25) is 0 Å². The summed E-state index contributed by atoms with van der Waals surface area (Å²) in [5, 5.41) is 3.87. The number of H-pyrrole nitrogens is 1. The number of aryl methyl sites for hydroxylation is 3. The van der Waals surface area contributed by atoms with Gasteiger partial charge in [-0.25, -0.2) is 15.0 Å². The molecule has 126 valence electrons. The molecular weight excluding hydrogens is 330 g/mol. The molecule has 0 aliphatic carbocycles. The second-order valence-corrected chi connectivity index (χ2v) is 7.13. The Hall–Kier alpha value is -2.73. The van der Waals surface area contributed by atoms with Gasteiger partial charge in [0.1, 0.15) is 11.5 Å². The Bertz CT molecular complexity index is 1030. The molecule has 0 fully saturated rings. The van der Waals surface area contributed by atoms with Gasteiger partial charge in [0, 0.05) is 30.4 Å². The molecule has 0 aliphatic heterocycles. The highest BCUT2D eigenvalue weighted by molar-refractivity contribution is 7.13. The highest BCUT2D eigenvalue weighted by Gasteiger charge is 2.18. The van der Waals surface area contributed by atoms with Gasteiger partial charge in [-0.3, -0.25) is 0 Å². The van der Waals surface area contributed by atoms with E-state index in [1.807, 2.05) is 29.6 Å². The number of anilines is 2. The molecule has 0 aliphatic rings. The first-order valence-corrected chi connectivity index (χ1v) is 8.99. The number of fused-ring (bicyclic) bond motifs is 1. The number of benzene rings is 1. The fourth-order valence-electron chi connectivity index (χ4n) is 3.30. The van der Waals surface area contributed by atoms with E-state index in [9.17, 15) is 0 Å². The third kappa shape index (κ3) is 2.68. The van der Waals surface area contributed by atoms with Crippen molar-refractivity contribution in [2.45, 2.75) is 20.8 Å². The summed E-state index contributed by atoms with van der Waals surface area (Å²) in [6.45, 7) is 6.34. The summed E-state index contributed by atoms with van der Waals surface area (Å²) in [6, 6.07) is 6.36. The summed E-state index contributed by atoms with van der Waals surface area (Å²) < 4.78 is 0. The van der Waals surface area contributed by atoms with E-state index in [-0.39, 0.29) is 0 Å². The van der Waals surface area contributed by atoms with Crippen molar-refractivity contribution in [3.05, 3.63) is 52.7 Å². The second-order valence-electron chi connectivity index (χ2n) is 6.26. The van der Waals surface area contributed by atoms with Crippen molar-refractivity contribution < 1.29 is 0 Å². The molecule has 0 spiro atoms. The van der Waals surface area contributed by atoms with Crippen LogP contribution in [0.5, 0.6) is 0 Å². The van der Waals surface area contributed by atoms with Crippen LogP contribution in [0.2, 0.25) is 0 Å². The Balaban J connectivity index is 1.95. The third-order valence-electron chi connectivity index (χ3n) is 4.32. The van der Waals surface area contributed by atoms with Gasteiger partial charge < -0.3 is 9.88 Å². The SMILES string of the molecule is Cc1cc(C)c(-c2nc(N(C)c3nccs3)c3cc[nH]c3n2)c(C)c1. The molecule has 0 amide bonds. The summed E-state index contributed by atoms with van der Waals surface area (Å²) in [5.41, 5.74) is 5.55. The van der Waals surface area contributed by atoms with Crippen LogP contribution in [0.25, 0.3) is 22.4 Å². The van der Waals surface area contributed by atoms with Crippen LogP contribution in [-0.2, 0) is 0 Å². The van der Waals surface area contributed by atoms with Crippen molar-refractivity contribution in [2.24, 2.45) is 0 Å². The molecule has 1 aromatic carbocycles. The van der Waals surface area contributed by atoms with E-state index in [1.54, 1.807) is 17.5 Å². The summed E-state index contributed by atoms with van der Waals surface area (Å²) in [6.07, 6.45) is 3.71. The number of thiazole rings is 1. The van der Waals surface area contributed by atoms with Crippen molar-refractivity contribution >= 4 is 33.3 Å². The number of nitrogens with zero attached hydrogens (tertiary/aromatic N) is 4. The lowest BCUT2D eigenvalue weighted by molar-refractivity contribution is 1.09. The summed E-state index contributed by atoms with van der Waals surface area (Å²) in [4.78, 5) is 19.3. The highest BCUT2D eigenvalue weighted by atomic mass is 32.1. The zero-order valence-electron chi connectivity index (χ0n) is 14.7. The van der Waals surface area contributed by atoms with E-state index in [0.29, 0.717) is 0 Å². The van der Waals surface area contributed by atoms with Gasteiger partial charge in [0.25, 0.3) is 0 Å². The van der Waals surface area contributed by atoms with Crippen molar-refractivity contribution in [3.63, 3.8) is 0 Å². The molecule has 0 saturated heterocycles. The van der Waals surface area contributed by atoms with Gasteiger partial charge in [-0.15, -0.1) is 11.3 Å². The lowest BCUT2D eigenvalue weighted by Gasteiger charge is -2.18. The van der Waals surface area contributed by atoms with Crippen molar-refractivity contribution in [2.75, 3.05) is 11.9 Å². The average molecular weight is 349 g/mol. The van der Waals surface area contributed by atoms with E-state index < -0.39 is 0 Å². The van der Waals surface area contributed by atoms with Crippen LogP contribution in [0, 0.1) is 20.8 Å². The first-order valence-electron chi connectivity index (χ1n) is 8.11. The number of aromatic amines is 1. The molecule has 0 atom stereocenters. The smallest absolute Gasteiger partial charge is 0.190 e. The van der Waals surface area contributed by atoms with Crippen LogP contribution < -0.4 is 4.90 Å². The topological polar surface area (TPSA) is 57.7 Å². The van der Waals surface area contributed by atoms with Gasteiger partial charge in [-0.2, -0.15) is 0 Å². The van der Waals surface area contributed by atoms with Crippen molar-refractivity contribution in [1.29, 1.82) is 0 Å². The minimum absolute atomic E-state index is 0.739. The predicted octanol–water partition coefficient (Wildman–Crippen LogP) is 4.77. The molecule has 1 N–H and O–H groups in total. The fourth-order valence-corrected chi connectivity index (χ4v) is 3.91. The Labute approximate surface area is 150 Å². The normalized spacial score (nSPS) is 11.2. The maximum Gasteiger partial charge on any atom is 0.190 e. The lowest BCUT2D eigenvalue weighted by Crippen LogP contribution is -2.12.